The van der Waals surface area contributed by atoms with Gasteiger partial charge in [-0.3, -0.25) is 0 Å². The highest BCUT2D eigenvalue weighted by atomic mass is 35.5. The van der Waals surface area contributed by atoms with E-state index in [-0.39, 0.29) is 42.2 Å². The van der Waals surface area contributed by atoms with E-state index in [2.05, 4.69) is 24.8 Å². The second-order valence-corrected chi connectivity index (χ2v) is 9.62. The third-order valence-electron chi connectivity index (χ3n) is 5.48. The van der Waals surface area contributed by atoms with Gasteiger partial charge in [0.15, 0.2) is 17.0 Å². The first-order valence-corrected chi connectivity index (χ1v) is 11.7. The molecule has 0 spiro atoms. The fraction of sp³-hybridized carbons (Fsp3) is 0.615. The predicted molar refractivity (Wildman–Crippen MR) is 114 cm³/mol. The molecule has 0 radical (unpaired) electrons. The highest BCUT2D eigenvalue weighted by Gasteiger charge is 2.68. The van der Waals surface area contributed by atoms with Crippen molar-refractivity contribution in [2.24, 2.45) is 11.3 Å². The number of nitrogens with one attached hydrogen (secondary N) is 1. The molecule has 192 valence electrons. The maximum atomic E-state index is 11.2. The Bertz CT molecular complexity index is 1060. The number of hydrogen-bond acceptors (Lipinski definition) is 12. The van der Waals surface area contributed by atoms with Crippen LogP contribution in [0.1, 0.15) is 18.9 Å². The quantitative estimate of drug-likeness (QED) is 0.230. The summed E-state index contributed by atoms with van der Waals surface area (Å²) in [5.41, 5.74) is -0.308. The van der Waals surface area contributed by atoms with Crippen LogP contribution in [-0.4, -0.2) is 39.3 Å². The number of quaternary nitrogens is 4. The molecule has 2 heterocycles. The van der Waals surface area contributed by atoms with E-state index in [1.165, 1.54) is 6.33 Å². The SMILES string of the molecule is CNc1nc(Cl)nc2c1ncn2[C@H]1C[C@H](OP(=O)([O-])[O-])[C@]2(COP(=O)([O-])[O-])C[C@H]12.[NH4+].[NH4+].[NH4+].[NH4+]. The normalized spacial score (nSPS) is 25.7. The van der Waals surface area contributed by atoms with E-state index in [0.29, 0.717) is 23.4 Å². The Morgan fingerprint density at radius 2 is 1.82 bits per heavy atom. The van der Waals surface area contributed by atoms with E-state index < -0.39 is 39.8 Å². The lowest BCUT2D eigenvalue weighted by atomic mass is 10.0. The van der Waals surface area contributed by atoms with Crippen molar-refractivity contribution in [2.75, 3.05) is 19.0 Å². The Hall–Kier alpha value is -1.30. The van der Waals surface area contributed by atoms with Crippen molar-refractivity contribution in [3.63, 3.8) is 0 Å². The monoisotopic (exact) mass is 537 g/mol. The molecule has 0 amide bonds. The van der Waals surface area contributed by atoms with Crippen molar-refractivity contribution in [3.8, 4) is 0 Å². The number of phosphoric ester groups is 2. The van der Waals surface area contributed by atoms with Gasteiger partial charge in [-0.1, -0.05) is 0 Å². The van der Waals surface area contributed by atoms with Crippen LogP contribution in [0.3, 0.4) is 0 Å². The van der Waals surface area contributed by atoms with Crippen LogP contribution in [0.2, 0.25) is 5.28 Å². The van der Waals surface area contributed by atoms with Gasteiger partial charge in [0.25, 0.3) is 0 Å². The molecule has 0 unspecified atom stereocenters. The molecule has 2 aliphatic rings. The molecular weight excluding hydrogens is 508 g/mol. The van der Waals surface area contributed by atoms with Crippen LogP contribution in [0, 0.1) is 11.3 Å². The molecule has 20 heteroatoms. The van der Waals surface area contributed by atoms with Gasteiger partial charge in [-0.25, -0.2) is 4.98 Å². The van der Waals surface area contributed by atoms with Gasteiger partial charge in [-0.05, 0) is 30.4 Å². The van der Waals surface area contributed by atoms with Gasteiger partial charge < -0.3 is 72.2 Å². The van der Waals surface area contributed by atoms with E-state index in [9.17, 15) is 28.7 Å². The topological polar surface area (TPSA) is 346 Å². The fourth-order valence-electron chi connectivity index (χ4n) is 4.23. The van der Waals surface area contributed by atoms with Gasteiger partial charge in [-0.2, -0.15) is 9.97 Å². The standard InChI is InChI=1S/C13H18ClN5O8P2.4H3N/c1-15-10-9-11(18-12(14)17-10)19(5-16-9)7-2-8(27-29(23,24)25)13(3-6(7)13)4-26-28(20,21)22;;;;/h5-8H,2-4H2,1H3,(H,15,17,18)(H2,20,21,22)(H2,23,24,25);4*1H3/t6-,7+,8+,13+;;;;/m1..../s1. The van der Waals surface area contributed by atoms with E-state index in [1.807, 2.05) is 0 Å². The van der Waals surface area contributed by atoms with Gasteiger partial charge in [0, 0.05) is 18.5 Å². The number of halogens is 1. The van der Waals surface area contributed by atoms with E-state index in [1.54, 1.807) is 11.6 Å². The molecule has 4 atom stereocenters. The summed E-state index contributed by atoms with van der Waals surface area (Å²) >= 11 is 5.96. The summed E-state index contributed by atoms with van der Waals surface area (Å²) in [6, 6.07) is -0.437. The first-order chi connectivity index (χ1) is 13.4. The first-order valence-electron chi connectivity index (χ1n) is 8.38. The lowest BCUT2D eigenvalue weighted by Crippen LogP contribution is -2.32. The van der Waals surface area contributed by atoms with Gasteiger partial charge in [0.1, 0.15) is 0 Å². The lowest BCUT2D eigenvalue weighted by molar-refractivity contribution is -0.347. The molecule has 17 N–H and O–H groups in total. The number of aromatic nitrogens is 4. The van der Waals surface area contributed by atoms with Crippen molar-refractivity contribution >= 4 is 44.2 Å². The maximum absolute atomic E-state index is 11.2. The number of phosphoric acid groups is 2. The third kappa shape index (κ3) is 6.04. The number of hydrogen-bond donors (Lipinski definition) is 5. The Morgan fingerprint density at radius 3 is 2.36 bits per heavy atom. The number of anilines is 1. The minimum absolute atomic E-state index is 0. The highest BCUT2D eigenvalue weighted by Crippen LogP contribution is 2.70. The molecule has 0 aromatic carbocycles. The number of imidazole rings is 1. The molecule has 4 rings (SSSR count). The first kappa shape index (κ1) is 31.7. The Kier molecular flexibility index (Phi) is 10.1. The molecule has 2 aromatic heterocycles. The Labute approximate surface area is 193 Å². The van der Waals surface area contributed by atoms with Gasteiger partial charge in [0.2, 0.25) is 5.28 Å². The summed E-state index contributed by atoms with van der Waals surface area (Å²) < 4.78 is 32.8. The van der Waals surface area contributed by atoms with Crippen molar-refractivity contribution in [1.82, 2.24) is 44.1 Å². The zero-order chi connectivity index (χ0) is 21.2. The van der Waals surface area contributed by atoms with Crippen LogP contribution in [-0.2, 0) is 18.2 Å². The van der Waals surface area contributed by atoms with Crippen LogP contribution in [0.25, 0.3) is 11.2 Å². The van der Waals surface area contributed by atoms with E-state index >= 15 is 0 Å². The van der Waals surface area contributed by atoms with Crippen LogP contribution in [0.5, 0.6) is 0 Å². The molecule has 0 saturated heterocycles. The van der Waals surface area contributed by atoms with Crippen LogP contribution >= 0.6 is 27.2 Å². The average Bonchev–Trinajstić information content (AvgIpc) is 3.07. The number of fused-ring (bicyclic) bond motifs is 2. The molecule has 0 bridgehead atoms. The average molecular weight is 538 g/mol. The zero-order valence-corrected chi connectivity index (χ0v) is 21.3. The summed E-state index contributed by atoms with van der Waals surface area (Å²) in [4.78, 5) is 56.7. The molecule has 33 heavy (non-hydrogen) atoms. The van der Waals surface area contributed by atoms with Crippen LogP contribution in [0.15, 0.2) is 6.33 Å². The zero-order valence-electron chi connectivity index (χ0n) is 18.8. The minimum Gasteiger partial charge on any atom is -0.790 e. The largest absolute Gasteiger partial charge is 0.790 e. The third-order valence-corrected chi connectivity index (χ3v) is 6.60. The molecule has 0 aliphatic heterocycles. The smallest absolute Gasteiger partial charge is 0.226 e. The molecule has 2 fully saturated rings. The van der Waals surface area contributed by atoms with Gasteiger partial charge in [-0.15, -0.1) is 0 Å². The summed E-state index contributed by atoms with van der Waals surface area (Å²) in [6.45, 7) is -0.576. The van der Waals surface area contributed by atoms with Crippen LogP contribution < -0.4 is 49.5 Å². The summed E-state index contributed by atoms with van der Waals surface area (Å²) in [7, 11) is -9.03. The minimum atomic E-state index is -5.37. The Balaban J connectivity index is 0.00000256. The number of nitrogens with zero attached hydrogens (tertiary/aromatic N) is 4. The maximum Gasteiger partial charge on any atom is 0.226 e. The molecule has 2 aliphatic carbocycles. The van der Waals surface area contributed by atoms with Crippen molar-refractivity contribution in [3.05, 3.63) is 11.6 Å². The van der Waals surface area contributed by atoms with Crippen molar-refractivity contribution < 1.29 is 37.8 Å². The molecular formula is C13H30ClN9O8P2. The summed E-state index contributed by atoms with van der Waals surface area (Å²) in [5.74, 6) is 0.0620. The second-order valence-electron chi connectivity index (χ2n) is 7.02. The highest BCUT2D eigenvalue weighted by molar-refractivity contribution is 7.43. The lowest BCUT2D eigenvalue weighted by Gasteiger charge is -2.37. The van der Waals surface area contributed by atoms with E-state index in [0.717, 1.165) is 0 Å². The summed E-state index contributed by atoms with van der Waals surface area (Å²) in [6.07, 6.45) is 0.656. The summed E-state index contributed by atoms with van der Waals surface area (Å²) in [5, 5.41) is 2.80. The molecule has 2 aromatic rings. The van der Waals surface area contributed by atoms with E-state index in [4.69, 9.17) is 16.1 Å². The van der Waals surface area contributed by atoms with Gasteiger partial charge >= 0.3 is 0 Å². The van der Waals surface area contributed by atoms with Gasteiger partial charge in [0.05, 0.1) is 34.7 Å². The fourth-order valence-corrected chi connectivity index (χ4v) is 5.41. The second kappa shape index (κ2) is 10.5. The van der Waals surface area contributed by atoms with Crippen molar-refractivity contribution in [2.45, 2.75) is 25.0 Å². The number of rotatable bonds is 7. The molecule has 17 nitrogen and oxygen atoms in total. The predicted octanol–water partition coefficient (Wildman–Crippen LogP) is 0.0365. The van der Waals surface area contributed by atoms with Crippen LogP contribution in [0.4, 0.5) is 5.82 Å². The molecule has 2 saturated carbocycles. The van der Waals surface area contributed by atoms with Crippen molar-refractivity contribution in [1.29, 1.82) is 0 Å². The Morgan fingerprint density at radius 1 is 1.18 bits per heavy atom.